The fraction of sp³-hybridized carbons (Fsp3) is 1.00. The van der Waals surface area contributed by atoms with Crippen molar-refractivity contribution in [2.75, 3.05) is 53.5 Å². The molecule has 0 atom stereocenters. The lowest BCUT2D eigenvalue weighted by Crippen LogP contribution is -2.53. The average Bonchev–Trinajstić information content (AvgIpc) is 2.11. The maximum atomic E-state index is 5.26. The molecule has 1 fully saturated rings. The second kappa shape index (κ2) is 7.22. The number of nitrogens with zero attached hydrogens (tertiary/aromatic N) is 2. The van der Waals surface area contributed by atoms with Crippen molar-refractivity contribution >= 4 is 0 Å². The van der Waals surface area contributed by atoms with Gasteiger partial charge in [0.05, 0.1) is 19.3 Å². The second-order valence-electron chi connectivity index (χ2n) is 5.08. The Morgan fingerprint density at radius 3 is 2.25 bits per heavy atom. The van der Waals surface area contributed by atoms with Crippen molar-refractivity contribution in [1.82, 2.24) is 15.1 Å². The molecule has 1 heterocycles. The van der Waals surface area contributed by atoms with Gasteiger partial charge >= 0.3 is 0 Å². The number of hydrogen-bond acceptors (Lipinski definition) is 4. The van der Waals surface area contributed by atoms with E-state index in [1.807, 2.05) is 0 Å². The molecule has 0 aromatic rings. The summed E-state index contributed by atoms with van der Waals surface area (Å²) in [5, 5.41) is 3.48. The molecule has 0 spiro atoms. The molecular formula is C12H27N3O. The standard InChI is InChI=1S/C12H27N3O/c1-11(2)15(12-9-16-10-12)8-6-13-5-7-14(3)4/h11-13H,5-10H2,1-4H3. The van der Waals surface area contributed by atoms with Crippen LogP contribution < -0.4 is 5.32 Å². The fourth-order valence-corrected chi connectivity index (χ4v) is 1.91. The van der Waals surface area contributed by atoms with E-state index in [2.05, 4.69) is 43.1 Å². The predicted octanol–water partition coefficient (Wildman–Crippen LogP) is 0.247. The van der Waals surface area contributed by atoms with Gasteiger partial charge < -0.3 is 15.0 Å². The molecule has 1 saturated heterocycles. The van der Waals surface area contributed by atoms with Crippen LogP contribution in [0.15, 0.2) is 0 Å². The van der Waals surface area contributed by atoms with E-state index in [-0.39, 0.29) is 0 Å². The van der Waals surface area contributed by atoms with Gasteiger partial charge in [-0.25, -0.2) is 0 Å². The molecule has 1 rings (SSSR count). The molecule has 1 aliphatic heterocycles. The molecule has 0 aromatic carbocycles. The zero-order chi connectivity index (χ0) is 12.0. The van der Waals surface area contributed by atoms with Crippen LogP contribution in [-0.2, 0) is 4.74 Å². The van der Waals surface area contributed by atoms with Gasteiger partial charge in [0.2, 0.25) is 0 Å². The van der Waals surface area contributed by atoms with Crippen LogP contribution in [0.25, 0.3) is 0 Å². The van der Waals surface area contributed by atoms with Crippen molar-refractivity contribution in [3.63, 3.8) is 0 Å². The van der Waals surface area contributed by atoms with Gasteiger partial charge in [-0.1, -0.05) is 0 Å². The van der Waals surface area contributed by atoms with Gasteiger partial charge in [-0.05, 0) is 27.9 Å². The minimum Gasteiger partial charge on any atom is -0.378 e. The number of ether oxygens (including phenoxy) is 1. The van der Waals surface area contributed by atoms with Gasteiger partial charge in [-0.3, -0.25) is 4.90 Å². The first-order valence-corrected chi connectivity index (χ1v) is 6.30. The highest BCUT2D eigenvalue weighted by Crippen LogP contribution is 2.12. The Morgan fingerprint density at radius 2 is 1.81 bits per heavy atom. The number of rotatable bonds is 8. The summed E-state index contributed by atoms with van der Waals surface area (Å²) in [6.07, 6.45) is 0. The third-order valence-electron chi connectivity index (χ3n) is 3.04. The lowest BCUT2D eigenvalue weighted by atomic mass is 10.1. The van der Waals surface area contributed by atoms with Crippen molar-refractivity contribution in [3.8, 4) is 0 Å². The first kappa shape index (κ1) is 13.9. The molecular weight excluding hydrogens is 202 g/mol. The van der Waals surface area contributed by atoms with Crippen LogP contribution in [0.5, 0.6) is 0 Å². The molecule has 0 aliphatic carbocycles. The molecule has 0 aromatic heterocycles. The highest BCUT2D eigenvalue weighted by Gasteiger charge is 2.27. The largest absolute Gasteiger partial charge is 0.378 e. The number of hydrogen-bond donors (Lipinski definition) is 1. The summed E-state index contributed by atoms with van der Waals surface area (Å²) in [5.41, 5.74) is 0. The Labute approximate surface area is 99.9 Å². The van der Waals surface area contributed by atoms with Crippen molar-refractivity contribution in [2.24, 2.45) is 0 Å². The smallest absolute Gasteiger partial charge is 0.0645 e. The zero-order valence-electron chi connectivity index (χ0n) is 11.2. The highest BCUT2D eigenvalue weighted by molar-refractivity contribution is 4.80. The Bertz CT molecular complexity index is 181. The molecule has 0 bridgehead atoms. The molecule has 4 nitrogen and oxygen atoms in total. The highest BCUT2D eigenvalue weighted by atomic mass is 16.5. The molecule has 0 saturated carbocycles. The van der Waals surface area contributed by atoms with Gasteiger partial charge in [-0.2, -0.15) is 0 Å². The van der Waals surface area contributed by atoms with E-state index in [0.29, 0.717) is 12.1 Å². The van der Waals surface area contributed by atoms with Crippen molar-refractivity contribution in [1.29, 1.82) is 0 Å². The van der Waals surface area contributed by atoms with Crippen LogP contribution in [0.4, 0.5) is 0 Å². The van der Waals surface area contributed by atoms with Gasteiger partial charge in [0.15, 0.2) is 0 Å². The van der Waals surface area contributed by atoms with Gasteiger partial charge in [0.25, 0.3) is 0 Å². The summed E-state index contributed by atoms with van der Waals surface area (Å²) in [6.45, 7) is 10.7. The van der Waals surface area contributed by atoms with E-state index >= 15 is 0 Å². The van der Waals surface area contributed by atoms with Gasteiger partial charge in [0.1, 0.15) is 0 Å². The first-order chi connectivity index (χ1) is 7.61. The monoisotopic (exact) mass is 229 g/mol. The quantitative estimate of drug-likeness (QED) is 0.604. The van der Waals surface area contributed by atoms with E-state index < -0.39 is 0 Å². The summed E-state index contributed by atoms with van der Waals surface area (Å²) in [4.78, 5) is 4.74. The Morgan fingerprint density at radius 1 is 1.19 bits per heavy atom. The van der Waals surface area contributed by atoms with E-state index in [1.165, 1.54) is 0 Å². The first-order valence-electron chi connectivity index (χ1n) is 6.30. The molecule has 16 heavy (non-hydrogen) atoms. The molecule has 0 radical (unpaired) electrons. The van der Waals surface area contributed by atoms with Crippen LogP contribution in [0.3, 0.4) is 0 Å². The molecule has 1 aliphatic rings. The average molecular weight is 229 g/mol. The van der Waals surface area contributed by atoms with E-state index in [9.17, 15) is 0 Å². The zero-order valence-corrected chi connectivity index (χ0v) is 11.2. The molecule has 0 amide bonds. The van der Waals surface area contributed by atoms with E-state index in [0.717, 1.165) is 39.4 Å². The predicted molar refractivity (Wildman–Crippen MR) is 67.9 cm³/mol. The summed E-state index contributed by atoms with van der Waals surface area (Å²) in [7, 11) is 4.21. The topological polar surface area (TPSA) is 27.7 Å². The lowest BCUT2D eigenvalue weighted by Gasteiger charge is -2.40. The van der Waals surface area contributed by atoms with Crippen LogP contribution in [0.1, 0.15) is 13.8 Å². The van der Waals surface area contributed by atoms with Crippen LogP contribution >= 0.6 is 0 Å². The maximum absolute atomic E-state index is 5.26. The lowest BCUT2D eigenvalue weighted by molar-refractivity contribution is -0.0744. The maximum Gasteiger partial charge on any atom is 0.0645 e. The van der Waals surface area contributed by atoms with Crippen molar-refractivity contribution in [2.45, 2.75) is 25.9 Å². The van der Waals surface area contributed by atoms with E-state index in [1.54, 1.807) is 0 Å². The summed E-state index contributed by atoms with van der Waals surface area (Å²) < 4.78 is 5.26. The molecule has 0 unspecified atom stereocenters. The second-order valence-corrected chi connectivity index (χ2v) is 5.08. The Balaban J connectivity index is 2.08. The summed E-state index contributed by atoms with van der Waals surface area (Å²) in [5.74, 6) is 0. The fourth-order valence-electron chi connectivity index (χ4n) is 1.91. The molecule has 96 valence electrons. The Hall–Kier alpha value is -0.160. The third-order valence-corrected chi connectivity index (χ3v) is 3.04. The van der Waals surface area contributed by atoms with Crippen LogP contribution in [0, 0.1) is 0 Å². The normalized spacial score (nSPS) is 17.4. The summed E-state index contributed by atoms with van der Waals surface area (Å²) >= 11 is 0. The Kier molecular flexibility index (Phi) is 6.28. The van der Waals surface area contributed by atoms with Crippen molar-refractivity contribution < 1.29 is 4.74 Å². The summed E-state index contributed by atoms with van der Waals surface area (Å²) in [6, 6.07) is 1.26. The number of likely N-dealkylation sites (N-methyl/N-ethyl adjacent to an activating group) is 1. The van der Waals surface area contributed by atoms with Crippen LogP contribution in [-0.4, -0.2) is 75.4 Å². The minimum absolute atomic E-state index is 0.615. The third kappa shape index (κ3) is 4.78. The van der Waals surface area contributed by atoms with Crippen LogP contribution in [0.2, 0.25) is 0 Å². The minimum atomic E-state index is 0.615. The van der Waals surface area contributed by atoms with E-state index in [4.69, 9.17) is 4.74 Å². The molecule has 4 heteroatoms. The van der Waals surface area contributed by atoms with Crippen molar-refractivity contribution in [3.05, 3.63) is 0 Å². The molecule has 1 N–H and O–H groups in total. The van der Waals surface area contributed by atoms with Gasteiger partial charge in [0, 0.05) is 32.2 Å². The van der Waals surface area contributed by atoms with Gasteiger partial charge in [-0.15, -0.1) is 0 Å². The number of nitrogens with one attached hydrogen (secondary N) is 1. The SMILES string of the molecule is CC(C)N(CCNCCN(C)C)C1COC1.